The molecule has 0 aromatic rings. The number of carbonyl (C=O) groups excluding carboxylic acids is 1. The van der Waals surface area contributed by atoms with Crippen molar-refractivity contribution in [2.45, 2.75) is 38.8 Å². The lowest BCUT2D eigenvalue weighted by atomic mass is 10.0. The highest BCUT2D eigenvalue weighted by molar-refractivity contribution is 5.79. The summed E-state index contributed by atoms with van der Waals surface area (Å²) in [5.41, 5.74) is 4.83. The number of primary amides is 1. The molecule has 1 amide bonds. The maximum Gasteiger partial charge on any atom is 0.234 e. The first-order chi connectivity index (χ1) is 5.86. The molecule has 0 rings (SSSR count). The highest BCUT2D eigenvalue weighted by atomic mass is 16.3. The van der Waals surface area contributed by atoms with Crippen molar-refractivity contribution >= 4 is 5.91 Å². The van der Waals surface area contributed by atoms with Crippen molar-refractivity contribution < 1.29 is 9.90 Å². The normalized spacial score (nSPS) is 14.6. The molecule has 1 atom stereocenters. The van der Waals surface area contributed by atoms with Crippen LogP contribution in [0, 0.1) is 0 Å². The summed E-state index contributed by atoms with van der Waals surface area (Å²) in [6.45, 7) is 5.66. The number of aliphatic hydroxyl groups excluding tert-OH is 1. The Morgan fingerprint density at radius 2 is 2.08 bits per heavy atom. The minimum atomic E-state index is -0.407. The predicted octanol–water partition coefficient (Wildman–Crippen LogP) is -0.0470. The maximum atomic E-state index is 11.0. The third-order valence-electron chi connectivity index (χ3n) is 2.52. The van der Waals surface area contributed by atoms with E-state index in [9.17, 15) is 4.79 Å². The first-order valence-electron chi connectivity index (χ1n) is 4.50. The summed E-state index contributed by atoms with van der Waals surface area (Å²) in [6.07, 6.45) is 0.662. The van der Waals surface area contributed by atoms with Gasteiger partial charge in [0.1, 0.15) is 0 Å². The summed E-state index contributed by atoms with van der Waals surface area (Å²) >= 11 is 0. The van der Waals surface area contributed by atoms with Crippen molar-refractivity contribution in [3.63, 3.8) is 0 Å². The van der Waals surface area contributed by atoms with Gasteiger partial charge in [-0.1, -0.05) is 6.92 Å². The van der Waals surface area contributed by atoms with E-state index in [1.807, 2.05) is 25.7 Å². The highest BCUT2D eigenvalue weighted by Crippen LogP contribution is 2.16. The molecule has 13 heavy (non-hydrogen) atoms. The molecular weight excluding hydrogens is 168 g/mol. The van der Waals surface area contributed by atoms with Crippen molar-refractivity contribution in [1.82, 2.24) is 4.90 Å². The summed E-state index contributed by atoms with van der Waals surface area (Å²) in [5.74, 6) is -0.341. The Balaban J connectivity index is 4.54. The zero-order chi connectivity index (χ0) is 10.6. The molecule has 0 heterocycles. The van der Waals surface area contributed by atoms with Crippen LogP contribution in [0.3, 0.4) is 0 Å². The summed E-state index contributed by atoms with van der Waals surface area (Å²) in [7, 11) is 1.80. The van der Waals surface area contributed by atoms with Crippen LogP contribution in [0.15, 0.2) is 0 Å². The quantitative estimate of drug-likeness (QED) is 0.636. The zero-order valence-corrected chi connectivity index (χ0v) is 8.87. The van der Waals surface area contributed by atoms with Crippen LogP contribution < -0.4 is 5.73 Å². The van der Waals surface area contributed by atoms with Gasteiger partial charge in [-0.15, -0.1) is 0 Å². The molecule has 1 unspecified atom stereocenters. The van der Waals surface area contributed by atoms with Gasteiger partial charge in [-0.3, -0.25) is 9.69 Å². The second-order valence-electron chi connectivity index (χ2n) is 3.91. The van der Waals surface area contributed by atoms with Gasteiger partial charge < -0.3 is 10.8 Å². The molecule has 3 N–H and O–H groups in total. The first kappa shape index (κ1) is 12.4. The largest absolute Gasteiger partial charge is 0.394 e. The Labute approximate surface area is 79.7 Å². The fourth-order valence-corrected chi connectivity index (χ4v) is 1.20. The van der Waals surface area contributed by atoms with Crippen LogP contribution in [0.25, 0.3) is 0 Å². The molecule has 4 nitrogen and oxygen atoms in total. The molecule has 0 fully saturated rings. The Hall–Kier alpha value is -0.610. The summed E-state index contributed by atoms with van der Waals surface area (Å²) in [5, 5.41) is 9.10. The maximum absolute atomic E-state index is 11.0. The molecule has 0 spiro atoms. The van der Waals surface area contributed by atoms with E-state index in [1.54, 1.807) is 7.05 Å². The molecule has 0 aromatic carbocycles. The van der Waals surface area contributed by atoms with E-state index in [1.165, 1.54) is 0 Å². The van der Waals surface area contributed by atoms with Crippen LogP contribution in [0.2, 0.25) is 0 Å². The molecule has 0 aliphatic heterocycles. The van der Waals surface area contributed by atoms with Gasteiger partial charge in [-0.2, -0.15) is 0 Å². The van der Waals surface area contributed by atoms with Crippen LogP contribution in [0.5, 0.6) is 0 Å². The zero-order valence-electron chi connectivity index (χ0n) is 8.87. The molecule has 0 aliphatic carbocycles. The lowest BCUT2D eigenvalue weighted by molar-refractivity contribution is -0.125. The standard InChI is InChI=1S/C9H20N2O2/c1-5-7(8(10)13)11(4)9(2,3)6-12/h7,12H,5-6H2,1-4H3,(H2,10,13). The van der Waals surface area contributed by atoms with Crippen molar-refractivity contribution in [2.75, 3.05) is 13.7 Å². The average Bonchev–Trinajstić information content (AvgIpc) is 2.05. The van der Waals surface area contributed by atoms with Crippen LogP contribution in [0.4, 0.5) is 0 Å². The third kappa shape index (κ3) is 2.97. The van der Waals surface area contributed by atoms with Gasteiger partial charge in [0.2, 0.25) is 5.91 Å². The van der Waals surface area contributed by atoms with E-state index in [-0.39, 0.29) is 18.6 Å². The Morgan fingerprint density at radius 3 is 2.31 bits per heavy atom. The molecule has 0 aliphatic rings. The number of amides is 1. The molecule has 0 saturated heterocycles. The molecule has 4 heteroatoms. The smallest absolute Gasteiger partial charge is 0.234 e. The summed E-state index contributed by atoms with van der Waals surface area (Å²) in [4.78, 5) is 12.8. The van der Waals surface area contributed by atoms with Crippen LogP contribution in [0.1, 0.15) is 27.2 Å². The van der Waals surface area contributed by atoms with Gasteiger partial charge in [0, 0.05) is 5.54 Å². The monoisotopic (exact) mass is 188 g/mol. The second-order valence-corrected chi connectivity index (χ2v) is 3.91. The number of hydrogen-bond acceptors (Lipinski definition) is 3. The number of likely N-dealkylation sites (N-methyl/N-ethyl adjacent to an activating group) is 1. The van der Waals surface area contributed by atoms with Gasteiger partial charge in [-0.05, 0) is 27.3 Å². The van der Waals surface area contributed by atoms with Crippen LogP contribution >= 0.6 is 0 Å². The van der Waals surface area contributed by atoms with Gasteiger partial charge in [-0.25, -0.2) is 0 Å². The Kier molecular flexibility index (Phi) is 4.36. The second kappa shape index (κ2) is 4.58. The number of nitrogens with two attached hydrogens (primary N) is 1. The minimum absolute atomic E-state index is 0.00722. The van der Waals surface area contributed by atoms with Gasteiger partial charge >= 0.3 is 0 Å². The first-order valence-corrected chi connectivity index (χ1v) is 4.50. The molecular formula is C9H20N2O2. The van der Waals surface area contributed by atoms with E-state index < -0.39 is 5.54 Å². The lowest BCUT2D eigenvalue weighted by Crippen LogP contribution is -2.54. The molecule has 0 bridgehead atoms. The number of aliphatic hydroxyl groups is 1. The Morgan fingerprint density at radius 1 is 1.62 bits per heavy atom. The number of carbonyl (C=O) groups is 1. The lowest BCUT2D eigenvalue weighted by Gasteiger charge is -2.38. The van der Waals surface area contributed by atoms with E-state index in [2.05, 4.69) is 0 Å². The SMILES string of the molecule is CCC(C(N)=O)N(C)C(C)(C)CO. The topological polar surface area (TPSA) is 66.6 Å². The van der Waals surface area contributed by atoms with Crippen molar-refractivity contribution in [3.05, 3.63) is 0 Å². The fraction of sp³-hybridized carbons (Fsp3) is 0.889. The van der Waals surface area contributed by atoms with Gasteiger partial charge in [0.15, 0.2) is 0 Å². The predicted molar refractivity (Wildman–Crippen MR) is 52.2 cm³/mol. The summed E-state index contributed by atoms with van der Waals surface area (Å²) < 4.78 is 0. The number of rotatable bonds is 5. The van der Waals surface area contributed by atoms with Gasteiger partial charge in [0.25, 0.3) is 0 Å². The van der Waals surface area contributed by atoms with Crippen molar-refractivity contribution in [2.24, 2.45) is 5.73 Å². The number of nitrogens with zero attached hydrogens (tertiary/aromatic N) is 1. The van der Waals surface area contributed by atoms with Crippen LogP contribution in [-0.2, 0) is 4.79 Å². The number of hydrogen-bond donors (Lipinski definition) is 2. The molecule has 0 radical (unpaired) electrons. The van der Waals surface area contributed by atoms with Crippen molar-refractivity contribution in [3.8, 4) is 0 Å². The van der Waals surface area contributed by atoms with E-state index >= 15 is 0 Å². The third-order valence-corrected chi connectivity index (χ3v) is 2.52. The minimum Gasteiger partial charge on any atom is -0.394 e. The Bertz CT molecular complexity index is 180. The molecule has 78 valence electrons. The highest BCUT2D eigenvalue weighted by Gasteiger charge is 2.30. The van der Waals surface area contributed by atoms with Crippen molar-refractivity contribution in [1.29, 1.82) is 0 Å². The van der Waals surface area contributed by atoms with E-state index in [0.29, 0.717) is 6.42 Å². The van der Waals surface area contributed by atoms with Crippen LogP contribution in [-0.4, -0.2) is 41.1 Å². The molecule has 0 saturated carbocycles. The average molecular weight is 188 g/mol. The van der Waals surface area contributed by atoms with Gasteiger partial charge in [0.05, 0.1) is 12.6 Å². The van der Waals surface area contributed by atoms with E-state index in [4.69, 9.17) is 10.8 Å². The summed E-state index contributed by atoms with van der Waals surface area (Å²) in [6, 6.07) is -0.304. The fourth-order valence-electron chi connectivity index (χ4n) is 1.20. The molecule has 0 aromatic heterocycles. The van der Waals surface area contributed by atoms with E-state index in [0.717, 1.165) is 0 Å².